The number of nitrogens with zero attached hydrogens (tertiary/aromatic N) is 2. The van der Waals surface area contributed by atoms with E-state index in [9.17, 15) is 9.59 Å². The summed E-state index contributed by atoms with van der Waals surface area (Å²) in [5, 5.41) is 3.40. The van der Waals surface area contributed by atoms with Gasteiger partial charge < -0.3 is 15.0 Å². The number of Topliss-reactive ketones (excluding diaryl/α,β-unsaturated/α-hetero) is 1. The summed E-state index contributed by atoms with van der Waals surface area (Å²) in [5.41, 5.74) is 2.14. The molecule has 0 aliphatic carbocycles. The fourth-order valence-corrected chi connectivity index (χ4v) is 3.38. The standard InChI is InChI=1S/C22H26ClN3O3/c1-16-13-18(23)5-8-21(16)29-15-22(28)24-19-6-3-17(4-7-19)20(27)14-26-11-9-25(2)10-12-26/h3-8,13H,9-12,14-15H2,1-2H3,(H,24,28). The number of nitrogens with one attached hydrogen (secondary N) is 1. The van der Waals surface area contributed by atoms with Crippen LogP contribution < -0.4 is 10.1 Å². The third-order valence-corrected chi connectivity index (χ3v) is 5.18. The summed E-state index contributed by atoms with van der Waals surface area (Å²) in [5.74, 6) is 0.444. The van der Waals surface area contributed by atoms with Crippen LogP contribution in [0.25, 0.3) is 0 Å². The number of rotatable bonds is 7. The zero-order chi connectivity index (χ0) is 20.8. The van der Waals surface area contributed by atoms with E-state index >= 15 is 0 Å². The highest BCUT2D eigenvalue weighted by atomic mass is 35.5. The van der Waals surface area contributed by atoms with Crippen molar-refractivity contribution in [3.05, 3.63) is 58.6 Å². The van der Waals surface area contributed by atoms with E-state index < -0.39 is 0 Å². The van der Waals surface area contributed by atoms with Gasteiger partial charge in [-0.2, -0.15) is 0 Å². The number of piperazine rings is 1. The average Bonchev–Trinajstić information content (AvgIpc) is 2.69. The molecule has 2 aromatic carbocycles. The van der Waals surface area contributed by atoms with Crippen LogP contribution >= 0.6 is 11.6 Å². The number of hydrogen-bond acceptors (Lipinski definition) is 5. The third kappa shape index (κ3) is 6.29. The first kappa shape index (κ1) is 21.3. The number of ether oxygens (including phenoxy) is 1. The maximum atomic E-state index is 12.5. The molecule has 0 atom stereocenters. The van der Waals surface area contributed by atoms with Crippen molar-refractivity contribution in [2.24, 2.45) is 0 Å². The molecule has 2 aromatic rings. The van der Waals surface area contributed by atoms with Gasteiger partial charge in [-0.25, -0.2) is 0 Å². The topological polar surface area (TPSA) is 61.9 Å². The predicted octanol–water partition coefficient (Wildman–Crippen LogP) is 3.10. The van der Waals surface area contributed by atoms with E-state index in [-0.39, 0.29) is 18.3 Å². The monoisotopic (exact) mass is 415 g/mol. The van der Waals surface area contributed by atoms with Crippen molar-refractivity contribution >= 4 is 29.0 Å². The molecular formula is C22H26ClN3O3. The number of ketones is 1. The van der Waals surface area contributed by atoms with E-state index in [0.717, 1.165) is 31.7 Å². The minimum Gasteiger partial charge on any atom is -0.483 e. The second kappa shape index (κ2) is 9.87. The number of halogens is 1. The molecule has 0 radical (unpaired) electrons. The van der Waals surface area contributed by atoms with Gasteiger partial charge in [0.15, 0.2) is 12.4 Å². The zero-order valence-corrected chi connectivity index (χ0v) is 17.5. The quantitative estimate of drug-likeness (QED) is 0.704. The SMILES string of the molecule is Cc1cc(Cl)ccc1OCC(=O)Nc1ccc(C(=O)CN2CCN(C)CC2)cc1. The minimum atomic E-state index is -0.268. The van der Waals surface area contributed by atoms with Crippen molar-refractivity contribution in [1.82, 2.24) is 9.80 Å². The number of amides is 1. The largest absolute Gasteiger partial charge is 0.483 e. The molecule has 1 aliphatic heterocycles. The molecule has 1 heterocycles. The van der Waals surface area contributed by atoms with Crippen LogP contribution in [0, 0.1) is 6.92 Å². The van der Waals surface area contributed by atoms with Gasteiger partial charge in [0.05, 0.1) is 6.54 Å². The van der Waals surface area contributed by atoms with Crippen molar-refractivity contribution < 1.29 is 14.3 Å². The first-order chi connectivity index (χ1) is 13.9. The molecular weight excluding hydrogens is 390 g/mol. The van der Waals surface area contributed by atoms with E-state index in [0.29, 0.717) is 28.6 Å². The molecule has 1 N–H and O–H groups in total. The predicted molar refractivity (Wildman–Crippen MR) is 115 cm³/mol. The van der Waals surface area contributed by atoms with Gasteiger partial charge in [-0.1, -0.05) is 11.6 Å². The van der Waals surface area contributed by atoms with Crippen LogP contribution in [0.5, 0.6) is 5.75 Å². The van der Waals surface area contributed by atoms with Crippen molar-refractivity contribution in [2.75, 3.05) is 51.7 Å². The number of aryl methyl sites for hydroxylation is 1. The van der Waals surface area contributed by atoms with E-state index in [2.05, 4.69) is 22.2 Å². The van der Waals surface area contributed by atoms with Gasteiger partial charge in [0, 0.05) is 42.5 Å². The molecule has 7 heteroatoms. The lowest BCUT2D eigenvalue weighted by Gasteiger charge is -2.31. The second-order valence-corrected chi connectivity index (χ2v) is 7.76. The molecule has 1 fully saturated rings. The van der Waals surface area contributed by atoms with Gasteiger partial charge in [0.1, 0.15) is 5.75 Å². The Kier molecular flexibility index (Phi) is 7.25. The van der Waals surface area contributed by atoms with Crippen molar-refractivity contribution in [3.63, 3.8) is 0 Å². The molecule has 0 unspecified atom stereocenters. The van der Waals surface area contributed by atoms with Gasteiger partial charge in [-0.3, -0.25) is 14.5 Å². The number of hydrogen-bond donors (Lipinski definition) is 1. The number of benzene rings is 2. The van der Waals surface area contributed by atoms with Crippen LogP contribution in [-0.4, -0.2) is 67.9 Å². The highest BCUT2D eigenvalue weighted by Gasteiger charge is 2.17. The molecule has 1 saturated heterocycles. The molecule has 0 saturated carbocycles. The Morgan fingerprint density at radius 3 is 2.41 bits per heavy atom. The Hall–Kier alpha value is -2.41. The highest BCUT2D eigenvalue weighted by molar-refractivity contribution is 6.30. The third-order valence-electron chi connectivity index (χ3n) is 4.95. The maximum absolute atomic E-state index is 12.5. The average molecular weight is 416 g/mol. The second-order valence-electron chi connectivity index (χ2n) is 7.33. The van der Waals surface area contributed by atoms with Gasteiger partial charge in [-0.05, 0) is 62.0 Å². The van der Waals surface area contributed by atoms with E-state index in [1.165, 1.54) is 0 Å². The summed E-state index contributed by atoms with van der Waals surface area (Å²) in [4.78, 5) is 29.0. The Balaban J connectivity index is 1.48. The molecule has 0 aromatic heterocycles. The van der Waals surface area contributed by atoms with Gasteiger partial charge in [0.25, 0.3) is 5.91 Å². The molecule has 29 heavy (non-hydrogen) atoms. The normalized spacial score (nSPS) is 15.1. The van der Waals surface area contributed by atoms with E-state index in [1.54, 1.807) is 42.5 Å². The zero-order valence-electron chi connectivity index (χ0n) is 16.8. The molecule has 1 aliphatic rings. The highest BCUT2D eigenvalue weighted by Crippen LogP contribution is 2.21. The number of carbonyl (C=O) groups excluding carboxylic acids is 2. The Bertz CT molecular complexity index is 862. The summed E-state index contributed by atoms with van der Waals surface area (Å²) < 4.78 is 5.55. The molecule has 6 nitrogen and oxygen atoms in total. The fraction of sp³-hybridized carbons (Fsp3) is 0.364. The lowest BCUT2D eigenvalue weighted by molar-refractivity contribution is -0.118. The summed E-state index contributed by atoms with van der Waals surface area (Å²) in [6.45, 7) is 5.97. The Morgan fingerprint density at radius 1 is 1.07 bits per heavy atom. The summed E-state index contributed by atoms with van der Waals surface area (Å²) in [6, 6.07) is 12.2. The fourth-order valence-electron chi connectivity index (χ4n) is 3.15. The van der Waals surface area contributed by atoms with Crippen molar-refractivity contribution in [3.8, 4) is 5.75 Å². The number of likely N-dealkylation sites (N-methyl/N-ethyl adjacent to an activating group) is 1. The van der Waals surface area contributed by atoms with Crippen LogP contribution in [0.4, 0.5) is 5.69 Å². The number of anilines is 1. The van der Waals surface area contributed by atoms with Crippen LogP contribution in [0.3, 0.4) is 0 Å². The molecule has 0 spiro atoms. The molecule has 1 amide bonds. The first-order valence-electron chi connectivity index (χ1n) is 9.63. The maximum Gasteiger partial charge on any atom is 0.262 e. The van der Waals surface area contributed by atoms with Crippen LogP contribution in [0.15, 0.2) is 42.5 Å². The van der Waals surface area contributed by atoms with E-state index in [4.69, 9.17) is 16.3 Å². The number of carbonyl (C=O) groups is 2. The van der Waals surface area contributed by atoms with Gasteiger partial charge >= 0.3 is 0 Å². The molecule has 3 rings (SSSR count). The van der Waals surface area contributed by atoms with Crippen LogP contribution in [0.1, 0.15) is 15.9 Å². The van der Waals surface area contributed by atoms with Crippen molar-refractivity contribution in [1.29, 1.82) is 0 Å². The molecule has 0 bridgehead atoms. The molecule has 154 valence electrons. The first-order valence-corrected chi connectivity index (χ1v) is 10.0. The van der Waals surface area contributed by atoms with Crippen LogP contribution in [0.2, 0.25) is 5.02 Å². The van der Waals surface area contributed by atoms with E-state index in [1.807, 2.05) is 6.92 Å². The Morgan fingerprint density at radius 2 is 1.76 bits per heavy atom. The minimum absolute atomic E-state index is 0.0916. The smallest absolute Gasteiger partial charge is 0.262 e. The van der Waals surface area contributed by atoms with Gasteiger partial charge in [-0.15, -0.1) is 0 Å². The lowest BCUT2D eigenvalue weighted by Crippen LogP contribution is -2.46. The Labute approximate surface area is 176 Å². The van der Waals surface area contributed by atoms with Gasteiger partial charge in [0.2, 0.25) is 0 Å². The summed E-state index contributed by atoms with van der Waals surface area (Å²) in [6.07, 6.45) is 0. The van der Waals surface area contributed by atoms with Crippen LogP contribution in [-0.2, 0) is 4.79 Å². The summed E-state index contributed by atoms with van der Waals surface area (Å²) >= 11 is 5.92. The lowest BCUT2D eigenvalue weighted by atomic mass is 10.1. The summed E-state index contributed by atoms with van der Waals surface area (Å²) in [7, 11) is 2.09. The van der Waals surface area contributed by atoms with Crippen molar-refractivity contribution in [2.45, 2.75) is 6.92 Å².